The number of aryl methyl sites for hydroxylation is 1. The van der Waals surface area contributed by atoms with Crippen LogP contribution in [0.5, 0.6) is 0 Å². The minimum Gasteiger partial charge on any atom is -0.369 e. The van der Waals surface area contributed by atoms with Gasteiger partial charge in [-0.1, -0.05) is 11.6 Å². The van der Waals surface area contributed by atoms with Crippen LogP contribution in [0.15, 0.2) is 30.3 Å². The van der Waals surface area contributed by atoms with Crippen molar-refractivity contribution in [2.45, 2.75) is 19.4 Å². The van der Waals surface area contributed by atoms with Gasteiger partial charge >= 0.3 is 0 Å². The molecule has 0 aliphatic carbocycles. The van der Waals surface area contributed by atoms with Gasteiger partial charge in [0, 0.05) is 30.9 Å². The molecule has 2 aromatic rings. The normalized spacial score (nSPS) is 17.1. The number of hydrogen-bond acceptors (Lipinski definition) is 5. The number of halogens is 2. The predicted molar refractivity (Wildman–Crippen MR) is 91.3 cm³/mol. The Morgan fingerprint density at radius 1 is 1.42 bits per heavy atom. The van der Waals surface area contributed by atoms with Gasteiger partial charge in [0.25, 0.3) is 5.69 Å². The molecule has 1 aromatic carbocycles. The summed E-state index contributed by atoms with van der Waals surface area (Å²) >= 11 is 5.83. The first-order valence-corrected chi connectivity index (χ1v) is 7.90. The van der Waals surface area contributed by atoms with Crippen LogP contribution in [0.4, 0.5) is 21.6 Å². The second-order valence-corrected chi connectivity index (χ2v) is 6.14. The summed E-state index contributed by atoms with van der Waals surface area (Å²) in [6.45, 7) is 3.15. The van der Waals surface area contributed by atoms with Gasteiger partial charge in [0.2, 0.25) is 0 Å². The molecule has 0 saturated carbocycles. The number of anilines is 2. The molecule has 1 saturated heterocycles. The zero-order chi connectivity index (χ0) is 17.3. The quantitative estimate of drug-likeness (QED) is 0.671. The smallest absolute Gasteiger partial charge is 0.290 e. The molecule has 0 radical (unpaired) electrons. The van der Waals surface area contributed by atoms with Gasteiger partial charge in [-0.3, -0.25) is 10.1 Å². The van der Waals surface area contributed by atoms with Crippen LogP contribution in [0.2, 0.25) is 5.02 Å². The van der Waals surface area contributed by atoms with E-state index in [0.717, 1.165) is 25.2 Å². The molecule has 2 heterocycles. The number of pyridine rings is 1. The first kappa shape index (κ1) is 16.4. The molecule has 1 aliphatic rings. The Bertz CT molecular complexity index is 787. The lowest BCUT2D eigenvalue weighted by Gasteiger charge is -2.19. The van der Waals surface area contributed by atoms with Gasteiger partial charge in [-0.05, 0) is 37.6 Å². The zero-order valence-corrected chi connectivity index (χ0v) is 13.8. The standard InChI is InChI=1S/C16H16ClFN4O2/c1-10-15(22(23)24)4-5-16(19-10)20-11-6-7-21(9-11)12-2-3-14(18)13(17)8-12/h2-5,8,11H,6-7,9H2,1H3,(H,19,20). The highest BCUT2D eigenvalue weighted by atomic mass is 35.5. The fourth-order valence-electron chi connectivity index (χ4n) is 2.83. The van der Waals surface area contributed by atoms with E-state index in [1.165, 1.54) is 12.1 Å². The summed E-state index contributed by atoms with van der Waals surface area (Å²) in [6, 6.07) is 7.91. The van der Waals surface area contributed by atoms with Crippen molar-refractivity contribution in [2.75, 3.05) is 23.3 Å². The van der Waals surface area contributed by atoms with Crippen LogP contribution in [-0.2, 0) is 0 Å². The van der Waals surface area contributed by atoms with E-state index < -0.39 is 10.7 Å². The third-order valence-corrected chi connectivity index (χ3v) is 4.35. The lowest BCUT2D eigenvalue weighted by molar-refractivity contribution is -0.385. The van der Waals surface area contributed by atoms with E-state index in [1.807, 2.05) is 0 Å². The minimum atomic E-state index is -0.443. The summed E-state index contributed by atoms with van der Waals surface area (Å²) < 4.78 is 13.3. The Hall–Kier alpha value is -2.41. The molecule has 1 aliphatic heterocycles. The molecule has 1 aromatic heterocycles. The molecule has 1 N–H and O–H groups in total. The van der Waals surface area contributed by atoms with Crippen LogP contribution in [-0.4, -0.2) is 29.0 Å². The topological polar surface area (TPSA) is 71.3 Å². The molecule has 3 rings (SSSR count). The maximum absolute atomic E-state index is 13.3. The van der Waals surface area contributed by atoms with E-state index in [9.17, 15) is 14.5 Å². The van der Waals surface area contributed by atoms with Crippen LogP contribution in [0.3, 0.4) is 0 Å². The number of aromatic nitrogens is 1. The van der Waals surface area contributed by atoms with Gasteiger partial charge in [-0.25, -0.2) is 9.37 Å². The van der Waals surface area contributed by atoms with Crippen LogP contribution < -0.4 is 10.2 Å². The molecule has 1 atom stereocenters. The summed E-state index contributed by atoms with van der Waals surface area (Å²) in [5.41, 5.74) is 1.26. The van der Waals surface area contributed by atoms with E-state index in [2.05, 4.69) is 15.2 Å². The van der Waals surface area contributed by atoms with Gasteiger partial charge in [-0.2, -0.15) is 0 Å². The molecular formula is C16H16ClFN4O2. The summed E-state index contributed by atoms with van der Waals surface area (Å²) in [7, 11) is 0. The fourth-order valence-corrected chi connectivity index (χ4v) is 3.01. The van der Waals surface area contributed by atoms with E-state index in [0.29, 0.717) is 11.5 Å². The average molecular weight is 351 g/mol. The van der Waals surface area contributed by atoms with Gasteiger partial charge < -0.3 is 10.2 Å². The SMILES string of the molecule is Cc1nc(NC2CCN(c3ccc(F)c(Cl)c3)C2)ccc1[N+](=O)[O-]. The van der Waals surface area contributed by atoms with Crippen molar-refractivity contribution in [1.82, 2.24) is 4.98 Å². The van der Waals surface area contributed by atoms with Crippen molar-refractivity contribution in [2.24, 2.45) is 0 Å². The third kappa shape index (κ3) is 3.41. The van der Waals surface area contributed by atoms with Crippen molar-refractivity contribution in [3.63, 3.8) is 0 Å². The Morgan fingerprint density at radius 3 is 2.88 bits per heavy atom. The molecule has 0 spiro atoms. The summed E-state index contributed by atoms with van der Waals surface area (Å²) in [4.78, 5) is 16.7. The summed E-state index contributed by atoms with van der Waals surface area (Å²) in [6.07, 6.45) is 0.882. The van der Waals surface area contributed by atoms with E-state index in [4.69, 9.17) is 11.6 Å². The van der Waals surface area contributed by atoms with Crippen LogP contribution in [0, 0.1) is 22.9 Å². The highest BCUT2D eigenvalue weighted by Gasteiger charge is 2.24. The molecule has 6 nitrogen and oxygen atoms in total. The van der Waals surface area contributed by atoms with Crippen molar-refractivity contribution < 1.29 is 9.31 Å². The largest absolute Gasteiger partial charge is 0.369 e. The Balaban J connectivity index is 1.67. The number of nitro groups is 1. The van der Waals surface area contributed by atoms with E-state index >= 15 is 0 Å². The number of nitrogens with one attached hydrogen (secondary N) is 1. The molecule has 8 heteroatoms. The van der Waals surface area contributed by atoms with Crippen molar-refractivity contribution in [3.05, 3.63) is 57.0 Å². The summed E-state index contributed by atoms with van der Waals surface area (Å²) in [5.74, 6) is 0.182. The molecule has 1 unspecified atom stereocenters. The molecule has 24 heavy (non-hydrogen) atoms. The molecule has 126 valence electrons. The van der Waals surface area contributed by atoms with Gasteiger partial charge in [-0.15, -0.1) is 0 Å². The van der Waals surface area contributed by atoms with E-state index in [-0.39, 0.29) is 16.8 Å². The molecule has 0 bridgehead atoms. The van der Waals surface area contributed by atoms with Crippen molar-refractivity contribution >= 4 is 28.8 Å². The lowest BCUT2D eigenvalue weighted by atomic mass is 10.2. The average Bonchev–Trinajstić information content (AvgIpc) is 2.98. The zero-order valence-electron chi connectivity index (χ0n) is 13.0. The summed E-state index contributed by atoms with van der Waals surface area (Å²) in [5, 5.41) is 14.2. The minimum absolute atomic E-state index is 0.00884. The number of benzene rings is 1. The maximum Gasteiger partial charge on any atom is 0.290 e. The van der Waals surface area contributed by atoms with Crippen molar-refractivity contribution in [1.29, 1.82) is 0 Å². The van der Waals surface area contributed by atoms with Gasteiger partial charge in [0.1, 0.15) is 17.3 Å². The molecule has 0 amide bonds. The van der Waals surface area contributed by atoms with Gasteiger partial charge in [0.15, 0.2) is 0 Å². The van der Waals surface area contributed by atoms with Crippen LogP contribution in [0.1, 0.15) is 12.1 Å². The Kier molecular flexibility index (Phi) is 4.53. The Morgan fingerprint density at radius 2 is 2.21 bits per heavy atom. The Labute approximate surface area is 143 Å². The van der Waals surface area contributed by atoms with Crippen LogP contribution >= 0.6 is 11.6 Å². The fraction of sp³-hybridized carbons (Fsp3) is 0.312. The first-order valence-electron chi connectivity index (χ1n) is 7.52. The van der Waals surface area contributed by atoms with Crippen LogP contribution in [0.25, 0.3) is 0 Å². The van der Waals surface area contributed by atoms with Crippen molar-refractivity contribution in [3.8, 4) is 0 Å². The highest BCUT2D eigenvalue weighted by molar-refractivity contribution is 6.31. The van der Waals surface area contributed by atoms with E-state index in [1.54, 1.807) is 25.1 Å². The molecular weight excluding hydrogens is 335 g/mol. The highest BCUT2D eigenvalue weighted by Crippen LogP contribution is 2.27. The number of nitrogens with zero attached hydrogens (tertiary/aromatic N) is 3. The number of rotatable bonds is 4. The molecule has 1 fully saturated rings. The second-order valence-electron chi connectivity index (χ2n) is 5.73. The number of hydrogen-bond donors (Lipinski definition) is 1. The second kappa shape index (κ2) is 6.60. The third-order valence-electron chi connectivity index (χ3n) is 4.06. The maximum atomic E-state index is 13.3. The van der Waals surface area contributed by atoms with Gasteiger partial charge in [0.05, 0.1) is 9.95 Å². The predicted octanol–water partition coefficient (Wildman–Crippen LogP) is 3.78. The monoisotopic (exact) mass is 350 g/mol. The lowest BCUT2D eigenvalue weighted by Crippen LogP contribution is -2.26. The first-order chi connectivity index (χ1) is 11.4.